The third-order valence-corrected chi connectivity index (χ3v) is 6.40. The van der Waals surface area contributed by atoms with E-state index < -0.39 is 29.8 Å². The number of unbranched alkanes of at least 4 members (excludes halogenated alkanes) is 2. The second-order valence-corrected chi connectivity index (χ2v) is 8.66. The first-order chi connectivity index (χ1) is 13.4. The molecule has 1 fully saturated rings. The second-order valence-electron chi connectivity index (χ2n) is 6.30. The van der Waals surface area contributed by atoms with Gasteiger partial charge in [-0.3, -0.25) is 19.3 Å². The van der Waals surface area contributed by atoms with Gasteiger partial charge in [-0.15, -0.1) is 0 Å². The van der Waals surface area contributed by atoms with Crippen LogP contribution in [0, 0.1) is 0 Å². The molecule has 0 aliphatic carbocycles. The summed E-state index contributed by atoms with van der Waals surface area (Å²) >= 11 is 0. The highest BCUT2D eigenvalue weighted by Gasteiger charge is 2.38. The Balaban J connectivity index is 1.81. The number of nitrogens with zero attached hydrogens (tertiary/aromatic N) is 2. The summed E-state index contributed by atoms with van der Waals surface area (Å²) in [5.74, 6) is -2.78. The van der Waals surface area contributed by atoms with Crippen LogP contribution >= 0.6 is 21.6 Å². The molecule has 1 aliphatic rings. The molecule has 10 heteroatoms. The van der Waals surface area contributed by atoms with Crippen LogP contribution in [-0.2, 0) is 25.6 Å². The average molecular weight is 427 g/mol. The van der Waals surface area contributed by atoms with E-state index in [4.69, 9.17) is 5.11 Å². The number of aromatic nitrogens is 1. The molecule has 0 radical (unpaired) electrons. The molecular weight excluding hydrogens is 404 g/mol. The van der Waals surface area contributed by atoms with Gasteiger partial charge in [-0.05, 0) is 42.2 Å². The quantitative estimate of drug-likeness (QED) is 0.295. The first-order valence-electron chi connectivity index (χ1n) is 8.93. The van der Waals surface area contributed by atoms with E-state index in [-0.39, 0.29) is 25.0 Å². The minimum absolute atomic E-state index is 0.0660. The average Bonchev–Trinajstić information content (AvgIpc) is 2.97. The van der Waals surface area contributed by atoms with Crippen molar-refractivity contribution in [2.75, 3.05) is 5.75 Å². The smallest absolute Gasteiger partial charge is 0.327 e. The molecule has 1 unspecified atom stereocenters. The van der Waals surface area contributed by atoms with Gasteiger partial charge in [0.25, 0.3) is 0 Å². The predicted octanol–water partition coefficient (Wildman–Crippen LogP) is 2.61. The fourth-order valence-electron chi connectivity index (χ4n) is 2.76. The largest absolute Gasteiger partial charge is 0.481 e. The van der Waals surface area contributed by atoms with Crippen molar-refractivity contribution < 1.29 is 29.4 Å². The molecule has 1 aromatic heterocycles. The Kier molecular flexibility index (Phi) is 8.78. The van der Waals surface area contributed by atoms with Crippen LogP contribution in [0.3, 0.4) is 0 Å². The molecule has 1 atom stereocenters. The molecule has 2 heterocycles. The van der Waals surface area contributed by atoms with E-state index in [1.807, 2.05) is 18.2 Å². The Morgan fingerprint density at radius 2 is 1.82 bits per heavy atom. The normalized spacial score (nSPS) is 15.1. The Labute approximate surface area is 170 Å². The van der Waals surface area contributed by atoms with Gasteiger partial charge in [0.1, 0.15) is 11.1 Å². The monoisotopic (exact) mass is 426 g/mol. The van der Waals surface area contributed by atoms with Gasteiger partial charge in [-0.1, -0.05) is 23.3 Å². The van der Waals surface area contributed by atoms with Crippen LogP contribution in [-0.4, -0.2) is 55.6 Å². The molecule has 2 amide bonds. The van der Waals surface area contributed by atoms with E-state index in [2.05, 4.69) is 4.98 Å². The zero-order chi connectivity index (χ0) is 20.5. The molecule has 2 N–H and O–H groups in total. The summed E-state index contributed by atoms with van der Waals surface area (Å²) in [6, 6.07) is 4.41. The van der Waals surface area contributed by atoms with Crippen LogP contribution in [0.1, 0.15) is 44.2 Å². The number of imide groups is 1. The van der Waals surface area contributed by atoms with Gasteiger partial charge in [0.2, 0.25) is 11.8 Å². The number of carboxylic acids is 2. The highest BCUT2D eigenvalue weighted by atomic mass is 33.1. The maximum Gasteiger partial charge on any atom is 0.327 e. The van der Waals surface area contributed by atoms with Gasteiger partial charge in [-0.2, -0.15) is 0 Å². The molecule has 1 aromatic rings. The van der Waals surface area contributed by atoms with Crippen LogP contribution in [0.15, 0.2) is 23.2 Å². The third-order valence-electron chi connectivity index (χ3n) is 4.16. The Bertz CT molecular complexity index is 727. The van der Waals surface area contributed by atoms with Crippen molar-refractivity contribution >= 4 is 45.3 Å². The standard InChI is InChI=1S/C18H22N2O6S2/c21-15-9-10-16(22)20(15)13(18(25)26)11-27-28-14-7-4-6-12(19-14)5-2-1-3-8-17(23)24/h4,6-7,13H,1-3,5,8-11H2,(H,23,24)(H,25,26). The lowest BCUT2D eigenvalue weighted by Crippen LogP contribution is -2.45. The van der Waals surface area contributed by atoms with Crippen molar-refractivity contribution in [1.82, 2.24) is 9.88 Å². The minimum atomic E-state index is -1.19. The lowest BCUT2D eigenvalue weighted by molar-refractivity contribution is -0.153. The number of carbonyl (C=O) groups is 4. The number of likely N-dealkylation sites (tertiary alicyclic amines) is 1. The first-order valence-corrected chi connectivity index (χ1v) is 11.2. The van der Waals surface area contributed by atoms with E-state index in [0.29, 0.717) is 6.42 Å². The molecule has 0 bridgehead atoms. The van der Waals surface area contributed by atoms with Crippen molar-refractivity contribution in [3.63, 3.8) is 0 Å². The van der Waals surface area contributed by atoms with Gasteiger partial charge >= 0.3 is 11.9 Å². The molecule has 0 aromatic carbocycles. The molecule has 0 saturated carbocycles. The molecule has 152 valence electrons. The number of pyridine rings is 1. The highest BCUT2D eigenvalue weighted by molar-refractivity contribution is 8.76. The van der Waals surface area contributed by atoms with Crippen LogP contribution in [0.5, 0.6) is 0 Å². The first kappa shape index (κ1) is 22.2. The van der Waals surface area contributed by atoms with Gasteiger partial charge in [0.05, 0.1) is 0 Å². The topological polar surface area (TPSA) is 125 Å². The fraction of sp³-hybridized carbons (Fsp3) is 0.500. The van der Waals surface area contributed by atoms with Crippen molar-refractivity contribution in [3.8, 4) is 0 Å². The van der Waals surface area contributed by atoms with Gasteiger partial charge in [0.15, 0.2) is 0 Å². The summed E-state index contributed by atoms with van der Waals surface area (Å²) in [6.45, 7) is 0. The van der Waals surface area contributed by atoms with E-state index in [0.717, 1.165) is 34.9 Å². The van der Waals surface area contributed by atoms with Crippen molar-refractivity contribution in [1.29, 1.82) is 0 Å². The summed E-state index contributed by atoms with van der Waals surface area (Å²) in [5.41, 5.74) is 0.889. The van der Waals surface area contributed by atoms with Gasteiger partial charge in [0, 0.05) is 30.7 Å². The highest BCUT2D eigenvalue weighted by Crippen LogP contribution is 2.32. The number of rotatable bonds is 12. The summed E-state index contributed by atoms with van der Waals surface area (Å²) in [7, 11) is 2.54. The Morgan fingerprint density at radius 3 is 2.46 bits per heavy atom. The van der Waals surface area contributed by atoms with Gasteiger partial charge in [-0.25, -0.2) is 9.78 Å². The maximum atomic E-state index is 11.8. The number of amides is 2. The Morgan fingerprint density at radius 1 is 1.11 bits per heavy atom. The summed E-state index contributed by atoms with van der Waals surface area (Å²) in [4.78, 5) is 50.9. The summed E-state index contributed by atoms with van der Waals surface area (Å²) < 4.78 is 0. The zero-order valence-electron chi connectivity index (χ0n) is 15.2. The number of hydrogen-bond donors (Lipinski definition) is 2. The molecule has 0 spiro atoms. The third kappa shape index (κ3) is 6.83. The van der Waals surface area contributed by atoms with Gasteiger partial charge < -0.3 is 10.2 Å². The fourth-order valence-corrected chi connectivity index (χ4v) is 4.89. The second kappa shape index (κ2) is 11.1. The van der Waals surface area contributed by atoms with E-state index >= 15 is 0 Å². The summed E-state index contributed by atoms with van der Waals surface area (Å²) in [5, 5.41) is 18.7. The predicted molar refractivity (Wildman–Crippen MR) is 105 cm³/mol. The van der Waals surface area contributed by atoms with E-state index in [1.165, 1.54) is 21.6 Å². The number of aryl methyl sites for hydroxylation is 1. The van der Waals surface area contributed by atoms with Crippen molar-refractivity contribution in [2.45, 2.75) is 56.0 Å². The molecule has 28 heavy (non-hydrogen) atoms. The lowest BCUT2D eigenvalue weighted by atomic mass is 10.1. The van der Waals surface area contributed by atoms with Crippen LogP contribution in [0.2, 0.25) is 0 Å². The number of carbonyl (C=O) groups excluding carboxylic acids is 2. The molecule has 1 aliphatic heterocycles. The maximum absolute atomic E-state index is 11.8. The number of carboxylic acid groups (broad SMARTS) is 2. The van der Waals surface area contributed by atoms with Crippen LogP contribution < -0.4 is 0 Å². The van der Waals surface area contributed by atoms with Crippen LogP contribution in [0.4, 0.5) is 0 Å². The zero-order valence-corrected chi connectivity index (χ0v) is 16.8. The minimum Gasteiger partial charge on any atom is -0.481 e. The van der Waals surface area contributed by atoms with Crippen LogP contribution in [0.25, 0.3) is 0 Å². The lowest BCUT2D eigenvalue weighted by Gasteiger charge is -2.21. The van der Waals surface area contributed by atoms with E-state index in [1.54, 1.807) is 0 Å². The molecule has 1 saturated heterocycles. The number of aliphatic carboxylic acids is 2. The Hall–Kier alpha value is -2.07. The summed E-state index contributed by atoms with van der Waals surface area (Å²) in [6.07, 6.45) is 3.36. The molecular formula is C18H22N2O6S2. The van der Waals surface area contributed by atoms with Crippen molar-refractivity contribution in [2.24, 2.45) is 0 Å². The molecule has 8 nitrogen and oxygen atoms in total. The SMILES string of the molecule is O=C(O)CCCCCc1cccc(SSCC(C(=O)O)N2C(=O)CCC2=O)n1. The molecule has 2 rings (SSSR count). The number of hydrogen-bond acceptors (Lipinski definition) is 7. The van der Waals surface area contributed by atoms with E-state index in [9.17, 15) is 24.3 Å². The van der Waals surface area contributed by atoms with Crippen molar-refractivity contribution in [3.05, 3.63) is 23.9 Å².